The molecule has 4 N–H and O–H groups in total. The van der Waals surface area contributed by atoms with E-state index in [1.807, 2.05) is 0 Å². The van der Waals surface area contributed by atoms with Crippen LogP contribution in [-0.4, -0.2) is 42.2 Å². The van der Waals surface area contributed by atoms with Crippen molar-refractivity contribution < 1.29 is 17.7 Å². The summed E-state index contributed by atoms with van der Waals surface area (Å²) >= 11 is 0. The molecular formula is C10H16N4O4S. The summed E-state index contributed by atoms with van der Waals surface area (Å²) in [4.78, 5) is 7.83. The van der Waals surface area contributed by atoms with E-state index in [0.717, 1.165) is 0 Å². The van der Waals surface area contributed by atoms with Crippen LogP contribution < -0.4 is 10.5 Å². The number of hydrogen-bond acceptors (Lipinski definition) is 7. The molecule has 0 radical (unpaired) electrons. The Morgan fingerprint density at radius 2 is 2.32 bits per heavy atom. The summed E-state index contributed by atoms with van der Waals surface area (Å²) in [5.74, 6) is 0.401. The van der Waals surface area contributed by atoms with Crippen molar-refractivity contribution >= 4 is 16.1 Å². The molecule has 1 fully saturated rings. The second kappa shape index (κ2) is 5.78. The highest BCUT2D eigenvalue weighted by Crippen LogP contribution is 2.28. The normalized spacial score (nSPS) is 27.4. The van der Waals surface area contributed by atoms with Crippen molar-refractivity contribution in [2.45, 2.75) is 25.0 Å². The molecule has 8 nitrogen and oxygen atoms in total. The Labute approximate surface area is 111 Å². The van der Waals surface area contributed by atoms with Crippen molar-refractivity contribution in [1.29, 1.82) is 0 Å². The van der Waals surface area contributed by atoms with Gasteiger partial charge in [-0.15, -0.1) is 0 Å². The number of hydrogen-bond donors (Lipinski definition) is 3. The van der Waals surface area contributed by atoms with Gasteiger partial charge in [0, 0.05) is 18.2 Å². The summed E-state index contributed by atoms with van der Waals surface area (Å²) in [6.45, 7) is -0.109. The van der Waals surface area contributed by atoms with Crippen molar-refractivity contribution in [3.8, 4) is 0 Å². The molecule has 1 aromatic heterocycles. The molecule has 0 unspecified atom stereocenters. The second-order valence-electron chi connectivity index (χ2n) is 4.51. The summed E-state index contributed by atoms with van der Waals surface area (Å²) in [5, 5.41) is 17.7. The lowest BCUT2D eigenvalue weighted by Crippen LogP contribution is -2.24. The predicted octanol–water partition coefficient (Wildman–Crippen LogP) is -0.752. The van der Waals surface area contributed by atoms with Crippen molar-refractivity contribution in [1.82, 2.24) is 9.97 Å². The van der Waals surface area contributed by atoms with Gasteiger partial charge < -0.3 is 10.4 Å². The summed E-state index contributed by atoms with van der Waals surface area (Å²) < 4.78 is 25.9. The van der Waals surface area contributed by atoms with Gasteiger partial charge in [0.25, 0.3) is 0 Å². The van der Waals surface area contributed by atoms with Crippen LogP contribution in [-0.2, 0) is 14.5 Å². The maximum Gasteiger partial charge on any atom is 0.333 e. The summed E-state index contributed by atoms with van der Waals surface area (Å²) in [7, 11) is -3.96. The highest BCUT2D eigenvalue weighted by molar-refractivity contribution is 7.84. The maximum absolute atomic E-state index is 10.7. The number of anilines is 1. The fourth-order valence-electron chi connectivity index (χ4n) is 2.17. The monoisotopic (exact) mass is 288 g/mol. The fourth-order valence-corrected chi connectivity index (χ4v) is 2.53. The van der Waals surface area contributed by atoms with Gasteiger partial charge in [0.1, 0.15) is 12.1 Å². The van der Waals surface area contributed by atoms with E-state index in [1.165, 1.54) is 6.33 Å². The molecule has 0 amide bonds. The van der Waals surface area contributed by atoms with Crippen LogP contribution in [0.25, 0.3) is 0 Å². The molecule has 0 bridgehead atoms. The third kappa shape index (κ3) is 4.39. The van der Waals surface area contributed by atoms with Crippen LogP contribution in [0.2, 0.25) is 0 Å². The summed E-state index contributed by atoms with van der Waals surface area (Å²) in [5.41, 5.74) is 0. The Bertz CT molecular complexity index is 510. The molecule has 0 spiro atoms. The van der Waals surface area contributed by atoms with Crippen LogP contribution in [0.5, 0.6) is 0 Å². The summed E-state index contributed by atoms with van der Waals surface area (Å²) in [6.07, 6.45) is 3.50. The molecule has 0 saturated heterocycles. The van der Waals surface area contributed by atoms with E-state index >= 15 is 0 Å². The maximum atomic E-state index is 10.7. The number of aliphatic hydroxyl groups is 1. The highest BCUT2D eigenvalue weighted by atomic mass is 32.2. The largest absolute Gasteiger partial charge is 0.393 e. The highest BCUT2D eigenvalue weighted by Gasteiger charge is 2.34. The van der Waals surface area contributed by atoms with Gasteiger partial charge in [-0.2, -0.15) is 8.42 Å². The number of aromatic nitrogens is 2. The molecule has 3 atom stereocenters. The first kappa shape index (κ1) is 14.1. The molecule has 1 aromatic rings. The molecule has 1 saturated carbocycles. The molecule has 1 aliphatic carbocycles. The number of aliphatic hydroxyl groups excluding tert-OH is 1. The van der Waals surface area contributed by atoms with Gasteiger partial charge in [-0.1, -0.05) is 0 Å². The Morgan fingerprint density at radius 3 is 2.95 bits per heavy atom. The minimum absolute atomic E-state index is 0.0129. The van der Waals surface area contributed by atoms with Gasteiger partial charge >= 0.3 is 10.3 Å². The average Bonchev–Trinajstić information content (AvgIpc) is 2.67. The standard InChI is InChI=1S/C10H16N4O4S/c11-19(16,17)18-5-7-3-8(4-9(7)15)14-10-1-2-12-6-13-10/h1-2,6-9,15H,3-5H2,(H2,11,16,17)(H,12,13,14)/t7-,8-,9+/m1/s1. The molecule has 0 aromatic carbocycles. The van der Waals surface area contributed by atoms with Crippen LogP contribution in [0.3, 0.4) is 0 Å². The molecule has 2 rings (SSSR count). The van der Waals surface area contributed by atoms with Crippen molar-refractivity contribution in [3.63, 3.8) is 0 Å². The lowest BCUT2D eigenvalue weighted by molar-refractivity contribution is 0.101. The number of rotatable bonds is 5. The second-order valence-corrected chi connectivity index (χ2v) is 5.73. The SMILES string of the molecule is NS(=O)(=O)OC[C@H]1C[C@@H](Nc2ccncn2)C[C@@H]1O. The third-order valence-corrected chi connectivity index (χ3v) is 3.50. The lowest BCUT2D eigenvalue weighted by Gasteiger charge is -2.13. The van der Waals surface area contributed by atoms with Gasteiger partial charge in [-0.25, -0.2) is 15.1 Å². The summed E-state index contributed by atoms with van der Waals surface area (Å²) in [6, 6.07) is 1.74. The van der Waals surface area contributed by atoms with E-state index in [2.05, 4.69) is 19.5 Å². The quantitative estimate of drug-likeness (QED) is 0.650. The van der Waals surface area contributed by atoms with Crippen molar-refractivity contribution in [3.05, 3.63) is 18.6 Å². The van der Waals surface area contributed by atoms with E-state index < -0.39 is 16.4 Å². The number of nitrogens with zero attached hydrogens (tertiary/aromatic N) is 2. The first-order chi connectivity index (χ1) is 8.94. The van der Waals surface area contributed by atoms with Gasteiger partial charge in [0.2, 0.25) is 0 Å². The zero-order valence-electron chi connectivity index (χ0n) is 10.1. The molecule has 9 heteroatoms. The average molecular weight is 288 g/mol. The number of nitrogens with two attached hydrogens (primary N) is 1. The van der Waals surface area contributed by atoms with Crippen LogP contribution >= 0.6 is 0 Å². The van der Waals surface area contributed by atoms with E-state index in [0.29, 0.717) is 18.7 Å². The topological polar surface area (TPSA) is 127 Å². The third-order valence-electron chi connectivity index (χ3n) is 3.04. The Kier molecular flexibility index (Phi) is 4.30. The van der Waals surface area contributed by atoms with Crippen LogP contribution in [0.4, 0.5) is 5.82 Å². The van der Waals surface area contributed by atoms with Crippen LogP contribution in [0, 0.1) is 5.92 Å². The zero-order valence-corrected chi connectivity index (χ0v) is 11.0. The molecular weight excluding hydrogens is 272 g/mol. The first-order valence-electron chi connectivity index (χ1n) is 5.82. The van der Waals surface area contributed by atoms with Gasteiger partial charge in [-0.05, 0) is 18.9 Å². The van der Waals surface area contributed by atoms with Gasteiger partial charge in [0.15, 0.2) is 0 Å². The molecule has 19 heavy (non-hydrogen) atoms. The minimum atomic E-state index is -3.96. The first-order valence-corrected chi connectivity index (χ1v) is 7.29. The van der Waals surface area contributed by atoms with Crippen molar-refractivity contribution in [2.75, 3.05) is 11.9 Å². The number of nitrogens with one attached hydrogen (secondary N) is 1. The van der Waals surface area contributed by atoms with E-state index in [-0.39, 0.29) is 18.6 Å². The smallest absolute Gasteiger partial charge is 0.333 e. The Morgan fingerprint density at radius 1 is 1.53 bits per heavy atom. The van der Waals surface area contributed by atoms with Crippen molar-refractivity contribution in [2.24, 2.45) is 11.1 Å². The predicted molar refractivity (Wildman–Crippen MR) is 67.2 cm³/mol. The van der Waals surface area contributed by atoms with Crippen LogP contribution in [0.1, 0.15) is 12.8 Å². The van der Waals surface area contributed by atoms with Gasteiger partial charge in [0.05, 0.1) is 12.7 Å². The Hall–Kier alpha value is -1.29. The van der Waals surface area contributed by atoms with E-state index in [9.17, 15) is 13.5 Å². The molecule has 0 aliphatic heterocycles. The Balaban J connectivity index is 1.87. The van der Waals surface area contributed by atoms with Gasteiger partial charge in [-0.3, -0.25) is 4.18 Å². The molecule has 1 aliphatic rings. The molecule has 106 valence electrons. The minimum Gasteiger partial charge on any atom is -0.393 e. The van der Waals surface area contributed by atoms with E-state index in [1.54, 1.807) is 12.3 Å². The fraction of sp³-hybridized carbons (Fsp3) is 0.600. The molecule has 1 heterocycles. The lowest BCUT2D eigenvalue weighted by atomic mass is 10.1. The van der Waals surface area contributed by atoms with Crippen LogP contribution in [0.15, 0.2) is 18.6 Å². The van der Waals surface area contributed by atoms with E-state index in [4.69, 9.17) is 5.14 Å². The zero-order chi connectivity index (χ0) is 13.9.